The summed E-state index contributed by atoms with van der Waals surface area (Å²) in [5.74, 6) is 0.860. The zero-order valence-electron chi connectivity index (χ0n) is 12.7. The Balaban J connectivity index is 2.08. The molecule has 1 atom stereocenters. The van der Waals surface area contributed by atoms with E-state index in [1.54, 1.807) is 18.2 Å². The second-order valence-corrected chi connectivity index (χ2v) is 7.95. The van der Waals surface area contributed by atoms with Crippen molar-refractivity contribution in [2.75, 3.05) is 24.6 Å². The number of hydrogen-bond donors (Lipinski definition) is 1. The molecule has 2 aliphatic rings. The summed E-state index contributed by atoms with van der Waals surface area (Å²) in [5.41, 5.74) is 0.978. The Hall–Kier alpha value is -1.96. The second-order valence-electron chi connectivity index (χ2n) is 5.58. The summed E-state index contributed by atoms with van der Waals surface area (Å²) < 4.78 is 38.2. The Kier molecular flexibility index (Phi) is 3.42. The fourth-order valence-corrected chi connectivity index (χ4v) is 4.76. The molecule has 0 radical (unpaired) electrons. The number of rotatable bonds is 0. The molecule has 2 heterocycles. The Morgan fingerprint density at radius 2 is 1.96 bits per heavy atom. The van der Waals surface area contributed by atoms with Crippen molar-refractivity contribution in [2.45, 2.75) is 11.0 Å². The van der Waals surface area contributed by atoms with Crippen LogP contribution < -0.4 is 13.8 Å². The number of hydrogen-bond acceptors (Lipinski definition) is 5. The molecule has 24 heavy (non-hydrogen) atoms. The Labute approximate surface area is 144 Å². The largest absolute Gasteiger partial charge is 0.486 e. The number of aliphatic hydroxyl groups excluding tert-OH is 1. The highest BCUT2D eigenvalue weighted by Gasteiger charge is 2.37. The van der Waals surface area contributed by atoms with Crippen LogP contribution in [0.4, 0.5) is 5.69 Å². The first-order valence-electron chi connectivity index (χ1n) is 7.30. The van der Waals surface area contributed by atoms with Gasteiger partial charge in [-0.3, -0.25) is 4.31 Å². The number of anilines is 1. The van der Waals surface area contributed by atoms with Gasteiger partial charge in [0.15, 0.2) is 11.5 Å². The first-order chi connectivity index (χ1) is 11.4. The molecule has 4 rings (SSSR count). The van der Waals surface area contributed by atoms with E-state index >= 15 is 0 Å². The van der Waals surface area contributed by atoms with Crippen LogP contribution >= 0.6 is 11.6 Å². The van der Waals surface area contributed by atoms with Gasteiger partial charge in [0.05, 0.1) is 16.1 Å². The molecule has 126 valence electrons. The Morgan fingerprint density at radius 1 is 1.21 bits per heavy atom. The third-order valence-corrected chi connectivity index (χ3v) is 6.31. The SMILES string of the molecule is CN1c2ccc3c(c2C(O)c2ccc(Cl)cc2S1(=O)=O)OCCO3. The van der Waals surface area contributed by atoms with Crippen LogP contribution in [0, 0.1) is 0 Å². The Morgan fingerprint density at radius 3 is 2.75 bits per heavy atom. The maximum atomic E-state index is 12.9. The van der Waals surface area contributed by atoms with Crippen LogP contribution in [0.1, 0.15) is 17.2 Å². The smallest absolute Gasteiger partial charge is 0.264 e. The molecular formula is C16H14ClNO5S. The number of ether oxygens (including phenoxy) is 2. The highest BCUT2D eigenvalue weighted by atomic mass is 35.5. The lowest BCUT2D eigenvalue weighted by Crippen LogP contribution is -2.27. The predicted octanol–water partition coefficient (Wildman–Crippen LogP) is 2.33. The van der Waals surface area contributed by atoms with E-state index in [4.69, 9.17) is 21.1 Å². The normalized spacial score (nSPS) is 20.8. The van der Waals surface area contributed by atoms with Crippen molar-refractivity contribution in [1.82, 2.24) is 0 Å². The zero-order valence-corrected chi connectivity index (χ0v) is 14.3. The van der Waals surface area contributed by atoms with Gasteiger partial charge in [-0.15, -0.1) is 0 Å². The fourth-order valence-electron chi connectivity index (χ4n) is 3.06. The van der Waals surface area contributed by atoms with Crippen LogP contribution in [-0.2, 0) is 10.0 Å². The highest BCUT2D eigenvalue weighted by molar-refractivity contribution is 7.92. The minimum atomic E-state index is -3.86. The molecule has 0 saturated heterocycles. The molecule has 0 fully saturated rings. The molecule has 1 unspecified atom stereocenters. The molecule has 0 saturated carbocycles. The van der Waals surface area contributed by atoms with Gasteiger partial charge in [0.25, 0.3) is 10.0 Å². The molecular weight excluding hydrogens is 354 g/mol. The first kappa shape index (κ1) is 15.6. The van der Waals surface area contributed by atoms with Gasteiger partial charge in [-0.25, -0.2) is 8.42 Å². The van der Waals surface area contributed by atoms with Gasteiger partial charge in [0, 0.05) is 17.6 Å². The molecule has 0 amide bonds. The molecule has 0 aliphatic carbocycles. The topological polar surface area (TPSA) is 76.1 Å². The highest BCUT2D eigenvalue weighted by Crippen LogP contribution is 2.48. The maximum absolute atomic E-state index is 12.9. The van der Waals surface area contributed by atoms with E-state index in [0.29, 0.717) is 36.0 Å². The monoisotopic (exact) mass is 367 g/mol. The van der Waals surface area contributed by atoms with Crippen LogP contribution in [-0.4, -0.2) is 33.8 Å². The summed E-state index contributed by atoms with van der Waals surface area (Å²) in [6.45, 7) is 0.738. The maximum Gasteiger partial charge on any atom is 0.264 e. The lowest BCUT2D eigenvalue weighted by Gasteiger charge is -2.26. The van der Waals surface area contributed by atoms with E-state index < -0.39 is 16.1 Å². The molecule has 8 heteroatoms. The fraction of sp³-hybridized carbons (Fsp3) is 0.250. The molecule has 2 aromatic carbocycles. The number of aliphatic hydroxyl groups is 1. The van der Waals surface area contributed by atoms with Crippen molar-refractivity contribution in [3.63, 3.8) is 0 Å². The number of benzene rings is 2. The summed E-state index contributed by atoms with van der Waals surface area (Å²) in [6.07, 6.45) is -1.18. The van der Waals surface area contributed by atoms with E-state index in [9.17, 15) is 13.5 Å². The third-order valence-electron chi connectivity index (χ3n) is 4.25. The van der Waals surface area contributed by atoms with Gasteiger partial charge in [-0.2, -0.15) is 0 Å². The van der Waals surface area contributed by atoms with Crippen LogP contribution in [0.25, 0.3) is 0 Å². The van der Waals surface area contributed by atoms with Crippen molar-refractivity contribution in [3.8, 4) is 11.5 Å². The van der Waals surface area contributed by atoms with Crippen molar-refractivity contribution < 1.29 is 23.0 Å². The quantitative estimate of drug-likeness (QED) is 0.773. The molecule has 2 aromatic rings. The van der Waals surface area contributed by atoms with Crippen molar-refractivity contribution in [1.29, 1.82) is 0 Å². The van der Waals surface area contributed by atoms with E-state index in [1.165, 1.54) is 19.2 Å². The van der Waals surface area contributed by atoms with Gasteiger partial charge >= 0.3 is 0 Å². The number of nitrogens with zero attached hydrogens (tertiary/aromatic N) is 1. The zero-order chi connectivity index (χ0) is 17.1. The van der Waals surface area contributed by atoms with E-state index in [-0.39, 0.29) is 15.5 Å². The summed E-state index contributed by atoms with van der Waals surface area (Å²) >= 11 is 5.97. The van der Waals surface area contributed by atoms with Crippen LogP contribution in [0.3, 0.4) is 0 Å². The third kappa shape index (κ3) is 2.08. The predicted molar refractivity (Wildman–Crippen MR) is 88.5 cm³/mol. The van der Waals surface area contributed by atoms with Gasteiger partial charge in [0.1, 0.15) is 19.3 Å². The van der Waals surface area contributed by atoms with Crippen molar-refractivity contribution >= 4 is 27.3 Å². The molecule has 0 bridgehead atoms. The minimum Gasteiger partial charge on any atom is -0.486 e. The Bertz CT molecular complexity index is 944. The lowest BCUT2D eigenvalue weighted by molar-refractivity contribution is 0.158. The van der Waals surface area contributed by atoms with Gasteiger partial charge in [0.2, 0.25) is 0 Å². The summed E-state index contributed by atoms with van der Waals surface area (Å²) in [7, 11) is -2.42. The summed E-state index contributed by atoms with van der Waals surface area (Å²) in [5, 5.41) is 11.2. The minimum absolute atomic E-state index is 0.0216. The van der Waals surface area contributed by atoms with Crippen molar-refractivity contribution in [3.05, 3.63) is 46.5 Å². The van der Waals surface area contributed by atoms with Crippen LogP contribution in [0.2, 0.25) is 5.02 Å². The standard InChI is InChI=1S/C16H14ClNO5S/c1-18-11-4-5-12-16(23-7-6-22-12)14(11)15(19)10-3-2-9(17)8-13(10)24(18,20)21/h2-5,8,15,19H,6-7H2,1H3. The average Bonchev–Trinajstić information content (AvgIpc) is 2.64. The van der Waals surface area contributed by atoms with Gasteiger partial charge in [-0.05, 0) is 24.3 Å². The molecule has 1 N–H and O–H groups in total. The van der Waals surface area contributed by atoms with E-state index in [2.05, 4.69) is 0 Å². The number of sulfonamides is 1. The van der Waals surface area contributed by atoms with Crippen LogP contribution in [0.15, 0.2) is 35.2 Å². The molecule has 0 aromatic heterocycles. The molecule has 6 nitrogen and oxygen atoms in total. The first-order valence-corrected chi connectivity index (χ1v) is 9.12. The number of halogens is 1. The van der Waals surface area contributed by atoms with Crippen molar-refractivity contribution in [2.24, 2.45) is 0 Å². The summed E-state index contributed by atoms with van der Waals surface area (Å²) in [4.78, 5) is -0.0216. The van der Waals surface area contributed by atoms with Gasteiger partial charge < -0.3 is 14.6 Å². The second kappa shape index (κ2) is 5.27. The molecule has 2 aliphatic heterocycles. The average molecular weight is 368 g/mol. The van der Waals surface area contributed by atoms with Crippen LogP contribution in [0.5, 0.6) is 11.5 Å². The lowest BCUT2D eigenvalue weighted by atomic mass is 9.98. The summed E-state index contributed by atoms with van der Waals surface area (Å²) in [6, 6.07) is 7.68. The van der Waals surface area contributed by atoms with Gasteiger partial charge in [-0.1, -0.05) is 17.7 Å². The molecule has 0 spiro atoms. The van der Waals surface area contributed by atoms with E-state index in [1.807, 2.05) is 0 Å². The van der Waals surface area contributed by atoms with E-state index in [0.717, 1.165) is 4.31 Å². The number of fused-ring (bicyclic) bond motifs is 4.